The number of rotatable bonds is 4. The summed E-state index contributed by atoms with van der Waals surface area (Å²) in [5, 5.41) is 9.24. The Labute approximate surface area is 97.2 Å². The van der Waals surface area contributed by atoms with Crippen LogP contribution in [-0.2, 0) is 9.53 Å². The van der Waals surface area contributed by atoms with E-state index in [1.165, 1.54) is 0 Å². The molecule has 0 bridgehead atoms. The van der Waals surface area contributed by atoms with E-state index in [0.29, 0.717) is 12.3 Å². The zero-order valence-electron chi connectivity index (χ0n) is 10.4. The van der Waals surface area contributed by atoms with Crippen LogP contribution in [0.25, 0.3) is 0 Å². The molecular formula is C13H22O3. The molecule has 0 aromatic carbocycles. The number of aliphatic carboxylic acids is 1. The van der Waals surface area contributed by atoms with Crippen molar-refractivity contribution in [1.29, 1.82) is 0 Å². The zero-order valence-corrected chi connectivity index (χ0v) is 10.4. The van der Waals surface area contributed by atoms with Crippen molar-refractivity contribution in [3.63, 3.8) is 0 Å². The maximum absolute atomic E-state index is 11.2. The largest absolute Gasteiger partial charge is 0.481 e. The van der Waals surface area contributed by atoms with Gasteiger partial charge in [0.15, 0.2) is 0 Å². The molecule has 1 saturated heterocycles. The minimum absolute atomic E-state index is 0.0201. The van der Waals surface area contributed by atoms with Gasteiger partial charge < -0.3 is 9.84 Å². The molecule has 0 radical (unpaired) electrons. The fraction of sp³-hybridized carbons (Fsp3) is 0.923. The molecule has 0 aromatic heterocycles. The van der Waals surface area contributed by atoms with Gasteiger partial charge in [-0.25, -0.2) is 0 Å². The molecular weight excluding hydrogens is 204 g/mol. The summed E-state index contributed by atoms with van der Waals surface area (Å²) in [6.45, 7) is 6.49. The minimum atomic E-state index is -0.675. The molecule has 3 heteroatoms. The molecule has 0 aromatic rings. The van der Waals surface area contributed by atoms with Gasteiger partial charge in [0.05, 0.1) is 18.1 Å². The first-order valence-electron chi connectivity index (χ1n) is 6.34. The van der Waals surface area contributed by atoms with Gasteiger partial charge in [-0.3, -0.25) is 4.79 Å². The smallest absolute Gasteiger partial charge is 0.309 e. The molecule has 1 aliphatic heterocycles. The van der Waals surface area contributed by atoms with E-state index in [1.807, 2.05) is 0 Å². The first-order chi connectivity index (χ1) is 7.45. The third-order valence-corrected chi connectivity index (χ3v) is 4.37. The van der Waals surface area contributed by atoms with Crippen molar-refractivity contribution in [2.75, 3.05) is 0 Å². The number of ether oxygens (including phenoxy) is 1. The lowest BCUT2D eigenvalue weighted by Gasteiger charge is -2.30. The van der Waals surface area contributed by atoms with Gasteiger partial charge >= 0.3 is 5.97 Å². The second kappa shape index (κ2) is 4.02. The Morgan fingerprint density at radius 1 is 1.44 bits per heavy atom. The van der Waals surface area contributed by atoms with Crippen molar-refractivity contribution in [1.82, 2.24) is 0 Å². The van der Waals surface area contributed by atoms with Gasteiger partial charge in [-0.2, -0.15) is 0 Å². The fourth-order valence-corrected chi connectivity index (χ4v) is 2.54. The minimum Gasteiger partial charge on any atom is -0.481 e. The van der Waals surface area contributed by atoms with Crippen molar-refractivity contribution in [2.24, 2.45) is 17.3 Å². The summed E-state index contributed by atoms with van der Waals surface area (Å²) in [6.07, 6.45) is 4.11. The molecule has 3 atom stereocenters. The predicted molar refractivity (Wildman–Crippen MR) is 61.2 cm³/mol. The highest BCUT2D eigenvalue weighted by atomic mass is 16.5. The van der Waals surface area contributed by atoms with E-state index in [4.69, 9.17) is 4.74 Å². The summed E-state index contributed by atoms with van der Waals surface area (Å²) in [5.74, 6) is -0.437. The fourth-order valence-electron chi connectivity index (χ4n) is 2.54. The molecule has 2 fully saturated rings. The van der Waals surface area contributed by atoms with Gasteiger partial charge in [-0.05, 0) is 37.0 Å². The molecule has 1 aliphatic carbocycles. The second-order valence-electron chi connectivity index (χ2n) is 5.95. The van der Waals surface area contributed by atoms with Crippen molar-refractivity contribution < 1.29 is 14.6 Å². The van der Waals surface area contributed by atoms with Crippen LogP contribution in [0.4, 0.5) is 0 Å². The summed E-state index contributed by atoms with van der Waals surface area (Å²) < 4.78 is 6.03. The SMILES string of the molecule is CCC(C)(C)C1CC(C(=O)O)C(C2CC2)O1. The summed E-state index contributed by atoms with van der Waals surface area (Å²) >= 11 is 0. The van der Waals surface area contributed by atoms with E-state index in [-0.39, 0.29) is 23.5 Å². The van der Waals surface area contributed by atoms with Crippen LogP contribution in [0, 0.1) is 17.3 Å². The van der Waals surface area contributed by atoms with Crippen LogP contribution < -0.4 is 0 Å². The van der Waals surface area contributed by atoms with Gasteiger partial charge in [0, 0.05) is 0 Å². The van der Waals surface area contributed by atoms with E-state index < -0.39 is 5.97 Å². The quantitative estimate of drug-likeness (QED) is 0.801. The van der Waals surface area contributed by atoms with Crippen LogP contribution in [0.1, 0.15) is 46.5 Å². The van der Waals surface area contributed by atoms with Crippen LogP contribution in [-0.4, -0.2) is 23.3 Å². The lowest BCUT2D eigenvalue weighted by Crippen LogP contribution is -2.29. The summed E-state index contributed by atoms with van der Waals surface area (Å²) in [7, 11) is 0. The van der Waals surface area contributed by atoms with Crippen LogP contribution >= 0.6 is 0 Å². The number of hydrogen-bond acceptors (Lipinski definition) is 2. The third-order valence-electron chi connectivity index (χ3n) is 4.37. The first kappa shape index (κ1) is 11.9. The highest BCUT2D eigenvalue weighted by molar-refractivity contribution is 5.71. The third kappa shape index (κ3) is 2.10. The molecule has 1 heterocycles. The van der Waals surface area contributed by atoms with E-state index in [1.54, 1.807) is 0 Å². The lowest BCUT2D eigenvalue weighted by molar-refractivity contribution is -0.144. The Kier molecular flexibility index (Phi) is 2.99. The van der Waals surface area contributed by atoms with E-state index >= 15 is 0 Å². The number of carbonyl (C=O) groups is 1. The molecule has 1 N–H and O–H groups in total. The van der Waals surface area contributed by atoms with E-state index in [9.17, 15) is 9.90 Å². The molecule has 2 aliphatic rings. The topological polar surface area (TPSA) is 46.5 Å². The molecule has 2 rings (SSSR count). The summed E-state index contributed by atoms with van der Waals surface area (Å²) in [4.78, 5) is 11.2. The van der Waals surface area contributed by atoms with Crippen LogP contribution in [0.15, 0.2) is 0 Å². The average molecular weight is 226 g/mol. The van der Waals surface area contributed by atoms with Gasteiger partial charge in [-0.1, -0.05) is 20.8 Å². The highest BCUT2D eigenvalue weighted by Crippen LogP contribution is 2.47. The zero-order chi connectivity index (χ0) is 11.9. The monoisotopic (exact) mass is 226 g/mol. The summed E-state index contributed by atoms with van der Waals surface area (Å²) in [5.41, 5.74) is 0.0946. The first-order valence-corrected chi connectivity index (χ1v) is 6.34. The van der Waals surface area contributed by atoms with Crippen molar-refractivity contribution in [3.05, 3.63) is 0 Å². The van der Waals surface area contributed by atoms with Crippen molar-refractivity contribution in [2.45, 2.75) is 58.7 Å². The predicted octanol–water partition coefficient (Wildman–Crippen LogP) is 2.69. The number of carboxylic acid groups (broad SMARTS) is 1. The summed E-state index contributed by atoms with van der Waals surface area (Å²) in [6, 6.07) is 0. The van der Waals surface area contributed by atoms with Crippen molar-refractivity contribution in [3.8, 4) is 0 Å². The molecule has 92 valence electrons. The molecule has 3 nitrogen and oxygen atoms in total. The Bertz CT molecular complexity index is 281. The van der Waals surface area contributed by atoms with E-state index in [0.717, 1.165) is 19.3 Å². The van der Waals surface area contributed by atoms with Crippen LogP contribution in [0.2, 0.25) is 0 Å². The lowest BCUT2D eigenvalue weighted by atomic mass is 9.80. The molecule has 3 unspecified atom stereocenters. The number of hydrogen-bond donors (Lipinski definition) is 1. The molecule has 16 heavy (non-hydrogen) atoms. The van der Waals surface area contributed by atoms with E-state index in [2.05, 4.69) is 20.8 Å². The average Bonchev–Trinajstić information content (AvgIpc) is 2.96. The highest BCUT2D eigenvalue weighted by Gasteiger charge is 2.50. The standard InChI is InChI=1S/C13H22O3/c1-4-13(2,3)10-7-9(12(14)15)11(16-10)8-5-6-8/h8-11H,4-7H2,1-3H3,(H,14,15). The van der Waals surface area contributed by atoms with Crippen LogP contribution in [0.5, 0.6) is 0 Å². The van der Waals surface area contributed by atoms with Gasteiger partial charge in [0.2, 0.25) is 0 Å². The van der Waals surface area contributed by atoms with Gasteiger partial charge in [0.25, 0.3) is 0 Å². The Balaban J connectivity index is 2.08. The Morgan fingerprint density at radius 3 is 2.50 bits per heavy atom. The van der Waals surface area contributed by atoms with Crippen LogP contribution in [0.3, 0.4) is 0 Å². The second-order valence-corrected chi connectivity index (χ2v) is 5.95. The Morgan fingerprint density at radius 2 is 2.06 bits per heavy atom. The molecule has 0 amide bonds. The maximum Gasteiger partial charge on any atom is 0.309 e. The number of carboxylic acids is 1. The normalized spacial score (nSPS) is 35.3. The van der Waals surface area contributed by atoms with Gasteiger partial charge in [0.1, 0.15) is 0 Å². The van der Waals surface area contributed by atoms with Crippen molar-refractivity contribution >= 4 is 5.97 Å². The Hall–Kier alpha value is -0.570. The van der Waals surface area contributed by atoms with Gasteiger partial charge in [-0.15, -0.1) is 0 Å². The molecule has 0 spiro atoms. The molecule has 1 saturated carbocycles. The maximum atomic E-state index is 11.2.